The molecule has 0 radical (unpaired) electrons. The lowest BCUT2D eigenvalue weighted by molar-refractivity contribution is 0.248. The molecule has 3 aliphatic rings. The minimum atomic E-state index is 1.02. The Morgan fingerprint density at radius 3 is 2.57 bits per heavy atom. The Bertz CT molecular complexity index is 551. The zero-order valence-corrected chi connectivity index (χ0v) is 14.3. The second-order valence-electron chi connectivity index (χ2n) is 7.58. The number of anilines is 1. The van der Waals surface area contributed by atoms with Crippen molar-refractivity contribution in [3.8, 4) is 0 Å². The van der Waals surface area contributed by atoms with Gasteiger partial charge in [-0.2, -0.15) is 0 Å². The Hall–Kier alpha value is -1.28. The summed E-state index contributed by atoms with van der Waals surface area (Å²) in [5.41, 5.74) is 4.58. The fourth-order valence-electron chi connectivity index (χ4n) is 4.12. The maximum Gasteiger partial charge on any atom is 0.0443 e. The number of allylic oxidation sites excluding steroid dienone is 2. The van der Waals surface area contributed by atoms with E-state index < -0.39 is 0 Å². The van der Waals surface area contributed by atoms with Gasteiger partial charge in [-0.1, -0.05) is 30.7 Å². The fraction of sp³-hybridized carbons (Fsp3) is 0.619. The summed E-state index contributed by atoms with van der Waals surface area (Å²) in [4.78, 5) is 5.31. The molecule has 0 unspecified atom stereocenters. The highest BCUT2D eigenvalue weighted by molar-refractivity contribution is 5.77. The molecule has 0 N–H and O–H groups in total. The third kappa shape index (κ3) is 3.80. The molecule has 0 spiro atoms. The second kappa shape index (κ2) is 7.09. The molecule has 2 heteroatoms. The molecule has 1 saturated carbocycles. The first kappa shape index (κ1) is 15.3. The van der Waals surface area contributed by atoms with Gasteiger partial charge in [0.25, 0.3) is 0 Å². The van der Waals surface area contributed by atoms with Crippen LogP contribution in [0.2, 0.25) is 0 Å². The van der Waals surface area contributed by atoms with Crippen molar-refractivity contribution in [2.45, 2.75) is 44.9 Å². The molecule has 1 aliphatic heterocycles. The van der Waals surface area contributed by atoms with E-state index in [-0.39, 0.29) is 0 Å². The summed E-state index contributed by atoms with van der Waals surface area (Å²) in [6.45, 7) is 6.21. The highest BCUT2D eigenvalue weighted by atomic mass is 15.3. The van der Waals surface area contributed by atoms with Gasteiger partial charge in [-0.3, -0.25) is 4.90 Å². The van der Waals surface area contributed by atoms with E-state index in [9.17, 15) is 0 Å². The number of para-hydroxylation sites is 1. The van der Waals surface area contributed by atoms with E-state index in [2.05, 4.69) is 40.1 Å². The summed E-state index contributed by atoms with van der Waals surface area (Å²) in [6.07, 6.45) is 12.1. The normalized spacial score (nSPS) is 23.5. The first-order valence-electron chi connectivity index (χ1n) is 9.66. The zero-order valence-electron chi connectivity index (χ0n) is 14.3. The van der Waals surface area contributed by atoms with Crippen molar-refractivity contribution in [1.82, 2.24) is 4.90 Å². The first-order valence-corrected chi connectivity index (χ1v) is 9.66. The Labute approximate surface area is 141 Å². The number of benzene rings is 1. The van der Waals surface area contributed by atoms with Crippen molar-refractivity contribution in [3.63, 3.8) is 0 Å². The van der Waals surface area contributed by atoms with E-state index in [1.54, 1.807) is 5.57 Å². The van der Waals surface area contributed by atoms with Crippen molar-refractivity contribution in [1.29, 1.82) is 0 Å². The van der Waals surface area contributed by atoms with Crippen molar-refractivity contribution >= 4 is 11.3 Å². The molecule has 2 aliphatic carbocycles. The lowest BCUT2D eigenvalue weighted by Crippen LogP contribution is -2.47. The number of hydrogen-bond donors (Lipinski definition) is 0. The predicted molar refractivity (Wildman–Crippen MR) is 98.9 cm³/mol. The van der Waals surface area contributed by atoms with Gasteiger partial charge in [0, 0.05) is 44.0 Å². The van der Waals surface area contributed by atoms with Gasteiger partial charge >= 0.3 is 0 Å². The third-order valence-electron chi connectivity index (χ3n) is 5.72. The molecule has 23 heavy (non-hydrogen) atoms. The summed E-state index contributed by atoms with van der Waals surface area (Å²) >= 11 is 0. The SMILES string of the molecule is C1=C(c2ccccc2N2CCN(CC3CC3)CC2)CCCCC1. The Balaban J connectivity index is 1.47. The highest BCUT2D eigenvalue weighted by Gasteiger charge is 2.27. The van der Waals surface area contributed by atoms with Crippen LogP contribution in [0.1, 0.15) is 50.5 Å². The van der Waals surface area contributed by atoms with E-state index in [0.717, 1.165) is 5.92 Å². The lowest BCUT2D eigenvalue weighted by atomic mass is 9.98. The largest absolute Gasteiger partial charge is 0.368 e. The lowest BCUT2D eigenvalue weighted by Gasteiger charge is -2.37. The Kier molecular flexibility index (Phi) is 4.70. The maximum absolute atomic E-state index is 2.68. The van der Waals surface area contributed by atoms with Crippen LogP contribution in [0, 0.1) is 5.92 Å². The van der Waals surface area contributed by atoms with Crippen molar-refractivity contribution in [2.24, 2.45) is 5.92 Å². The quantitative estimate of drug-likeness (QED) is 0.804. The van der Waals surface area contributed by atoms with Crippen LogP contribution in [0.5, 0.6) is 0 Å². The van der Waals surface area contributed by atoms with Gasteiger partial charge in [0.05, 0.1) is 0 Å². The summed E-state index contributed by atoms with van der Waals surface area (Å²) in [7, 11) is 0. The molecule has 1 aromatic carbocycles. The van der Waals surface area contributed by atoms with Gasteiger partial charge in [0.1, 0.15) is 0 Å². The number of rotatable bonds is 4. The third-order valence-corrected chi connectivity index (χ3v) is 5.72. The molecule has 124 valence electrons. The van der Waals surface area contributed by atoms with Crippen molar-refractivity contribution < 1.29 is 0 Å². The molecule has 1 heterocycles. The average Bonchev–Trinajstić information content (AvgIpc) is 3.42. The molecule has 4 rings (SSSR count). The van der Waals surface area contributed by atoms with Crippen molar-refractivity contribution in [2.75, 3.05) is 37.6 Å². The zero-order chi connectivity index (χ0) is 15.5. The van der Waals surface area contributed by atoms with Gasteiger partial charge in [0.15, 0.2) is 0 Å². The summed E-state index contributed by atoms with van der Waals surface area (Å²) in [6, 6.07) is 9.13. The van der Waals surface area contributed by atoms with Crippen molar-refractivity contribution in [3.05, 3.63) is 35.9 Å². The van der Waals surface area contributed by atoms with Gasteiger partial charge < -0.3 is 4.90 Å². The maximum atomic E-state index is 2.68. The van der Waals surface area contributed by atoms with E-state index in [1.165, 1.54) is 88.9 Å². The van der Waals surface area contributed by atoms with Gasteiger partial charge in [0.2, 0.25) is 0 Å². The van der Waals surface area contributed by atoms with Gasteiger partial charge in [-0.05, 0) is 56.1 Å². The standard InChI is InChI=1S/C21H30N2/c1-2-4-8-19(7-3-1)20-9-5-6-10-21(20)23-15-13-22(14-16-23)17-18-11-12-18/h5-7,9-10,18H,1-4,8,11-17H2. The molecule has 1 saturated heterocycles. The van der Waals surface area contributed by atoms with Crippen LogP contribution in [0.25, 0.3) is 5.57 Å². The smallest absolute Gasteiger partial charge is 0.0443 e. The van der Waals surface area contributed by atoms with Gasteiger partial charge in [-0.15, -0.1) is 0 Å². The number of piperazine rings is 1. The molecular weight excluding hydrogens is 280 g/mol. The Morgan fingerprint density at radius 2 is 1.74 bits per heavy atom. The van der Waals surface area contributed by atoms with E-state index >= 15 is 0 Å². The molecule has 0 aromatic heterocycles. The minimum absolute atomic E-state index is 1.02. The number of nitrogens with zero attached hydrogens (tertiary/aromatic N) is 2. The van der Waals surface area contributed by atoms with Crippen LogP contribution in [0.15, 0.2) is 30.3 Å². The fourth-order valence-corrected chi connectivity index (χ4v) is 4.12. The first-order chi connectivity index (χ1) is 11.4. The molecule has 2 fully saturated rings. The average molecular weight is 310 g/mol. The molecule has 2 nitrogen and oxygen atoms in total. The highest BCUT2D eigenvalue weighted by Crippen LogP contribution is 2.34. The van der Waals surface area contributed by atoms with Crippen LogP contribution in [0.3, 0.4) is 0 Å². The summed E-state index contributed by atoms with van der Waals surface area (Å²) in [5, 5.41) is 0. The van der Waals surface area contributed by atoms with Crippen LogP contribution >= 0.6 is 0 Å². The monoisotopic (exact) mass is 310 g/mol. The van der Waals surface area contributed by atoms with E-state index in [0.29, 0.717) is 0 Å². The topological polar surface area (TPSA) is 6.48 Å². The molecule has 1 aromatic rings. The predicted octanol–water partition coefficient (Wildman–Crippen LogP) is 4.57. The van der Waals surface area contributed by atoms with Crippen LogP contribution in [-0.2, 0) is 0 Å². The summed E-state index contributed by atoms with van der Waals surface area (Å²) < 4.78 is 0. The number of hydrogen-bond acceptors (Lipinski definition) is 2. The minimum Gasteiger partial charge on any atom is -0.368 e. The Morgan fingerprint density at radius 1 is 0.913 bits per heavy atom. The molecule has 0 amide bonds. The molecule has 0 atom stereocenters. The van der Waals surface area contributed by atoms with E-state index in [1.807, 2.05) is 0 Å². The molecular formula is C21H30N2. The summed E-state index contributed by atoms with van der Waals surface area (Å²) in [5.74, 6) is 1.02. The van der Waals surface area contributed by atoms with Crippen LogP contribution < -0.4 is 4.90 Å². The molecule has 0 bridgehead atoms. The van der Waals surface area contributed by atoms with Crippen LogP contribution in [-0.4, -0.2) is 37.6 Å². The van der Waals surface area contributed by atoms with Crippen LogP contribution in [0.4, 0.5) is 5.69 Å². The second-order valence-corrected chi connectivity index (χ2v) is 7.58. The van der Waals surface area contributed by atoms with E-state index in [4.69, 9.17) is 0 Å². The van der Waals surface area contributed by atoms with Gasteiger partial charge in [-0.25, -0.2) is 0 Å².